The number of nitrogens with zero attached hydrogens (tertiary/aromatic N) is 1. The average Bonchev–Trinajstić information content (AvgIpc) is 3.24. The number of benzene rings is 4. The molecule has 31 heavy (non-hydrogen) atoms. The molecule has 1 fully saturated rings. The second kappa shape index (κ2) is 8.41. The molecule has 0 saturated carbocycles. The van der Waals surface area contributed by atoms with Gasteiger partial charge in [-0.2, -0.15) is 0 Å². The highest BCUT2D eigenvalue weighted by molar-refractivity contribution is 7.96. The van der Waals surface area contributed by atoms with Crippen molar-refractivity contribution in [2.24, 2.45) is 0 Å². The van der Waals surface area contributed by atoms with Gasteiger partial charge in [-0.25, -0.2) is 0 Å². The van der Waals surface area contributed by atoms with Gasteiger partial charge in [0, 0.05) is 17.5 Å². The lowest BCUT2D eigenvalue weighted by Gasteiger charge is -2.31. The molecule has 1 aliphatic heterocycles. The molecule has 0 radical (unpaired) electrons. The standard InChI is InChI=1S/C28H24NOP/c30-28-27(21-22-29(28)23-13-5-1-6-14-23)31(24-15-7-2-8-16-24,25-17-9-3-10-18-25)26-19-11-4-12-20-26/h1-20H,21-22H2. The predicted octanol–water partition coefficient (Wildman–Crippen LogP) is 4.59. The van der Waals surface area contributed by atoms with E-state index in [1.54, 1.807) is 0 Å². The summed E-state index contributed by atoms with van der Waals surface area (Å²) in [6, 6.07) is 41.9. The molecule has 1 amide bonds. The van der Waals surface area contributed by atoms with Crippen LogP contribution in [0.25, 0.3) is 0 Å². The fourth-order valence-corrected chi connectivity index (χ4v) is 9.15. The molecule has 0 aliphatic carbocycles. The van der Waals surface area contributed by atoms with E-state index in [0.717, 1.165) is 17.4 Å². The molecule has 0 atom stereocenters. The molecule has 0 spiro atoms. The van der Waals surface area contributed by atoms with Crippen molar-refractivity contribution in [3.05, 3.63) is 121 Å². The van der Waals surface area contributed by atoms with Gasteiger partial charge in [0.05, 0.1) is 0 Å². The van der Waals surface area contributed by atoms with Crippen molar-refractivity contribution in [2.45, 2.75) is 6.42 Å². The third-order valence-corrected chi connectivity index (χ3v) is 10.4. The number of para-hydroxylation sites is 1. The summed E-state index contributed by atoms with van der Waals surface area (Å²) < 4.78 is 0. The van der Waals surface area contributed by atoms with Crippen LogP contribution in [0.2, 0.25) is 0 Å². The fraction of sp³-hybridized carbons (Fsp3) is 0.0714. The van der Waals surface area contributed by atoms with Crippen molar-refractivity contribution in [3.63, 3.8) is 0 Å². The third-order valence-electron chi connectivity index (χ3n) is 5.97. The maximum atomic E-state index is 14.0. The van der Waals surface area contributed by atoms with E-state index in [0.29, 0.717) is 6.54 Å². The van der Waals surface area contributed by atoms with Crippen LogP contribution in [0.3, 0.4) is 0 Å². The first-order valence-corrected chi connectivity index (χ1v) is 12.4. The summed E-state index contributed by atoms with van der Waals surface area (Å²) in [7, 11) is 0. The Kier molecular flexibility index (Phi) is 5.32. The van der Waals surface area contributed by atoms with Crippen LogP contribution < -0.4 is 20.8 Å². The first-order chi connectivity index (χ1) is 15.3. The SMILES string of the molecule is O=C1C(=P(c2ccccc2)(c2ccccc2)c2ccccc2)CCN1c1ccccc1. The summed E-state index contributed by atoms with van der Waals surface area (Å²) in [5.74, 6) is 0.149. The van der Waals surface area contributed by atoms with Gasteiger partial charge in [0.2, 0.25) is 0 Å². The number of carbonyl (C=O) groups is 1. The minimum atomic E-state index is -2.29. The zero-order valence-electron chi connectivity index (χ0n) is 17.3. The Hall–Kier alpha value is -3.35. The number of anilines is 1. The monoisotopic (exact) mass is 421 g/mol. The van der Waals surface area contributed by atoms with Gasteiger partial charge in [-0.3, -0.25) is 4.79 Å². The van der Waals surface area contributed by atoms with Gasteiger partial charge in [0.15, 0.2) is 0 Å². The minimum absolute atomic E-state index is 0.149. The molecule has 0 bridgehead atoms. The molecular weight excluding hydrogens is 397 g/mol. The largest absolute Gasteiger partial charge is 0.308 e. The molecule has 4 aromatic rings. The molecule has 0 N–H and O–H groups in total. The van der Waals surface area contributed by atoms with Crippen molar-refractivity contribution >= 4 is 39.7 Å². The van der Waals surface area contributed by atoms with E-state index in [1.165, 1.54) is 15.9 Å². The smallest absolute Gasteiger partial charge is 0.255 e. The lowest BCUT2D eigenvalue weighted by molar-refractivity contribution is -0.111. The zero-order chi connectivity index (χ0) is 21.1. The first kappa shape index (κ1) is 19.6. The van der Waals surface area contributed by atoms with E-state index in [2.05, 4.69) is 72.8 Å². The Balaban J connectivity index is 1.86. The van der Waals surface area contributed by atoms with E-state index in [9.17, 15) is 4.79 Å². The van der Waals surface area contributed by atoms with Gasteiger partial charge in [0.25, 0.3) is 5.91 Å². The van der Waals surface area contributed by atoms with E-state index in [1.807, 2.05) is 53.4 Å². The lowest BCUT2D eigenvalue weighted by atomic mass is 10.3. The van der Waals surface area contributed by atoms with E-state index in [-0.39, 0.29) is 5.91 Å². The molecule has 4 aromatic carbocycles. The Morgan fingerprint density at radius 1 is 0.548 bits per heavy atom. The molecule has 3 heteroatoms. The normalized spacial score (nSPS) is 14.1. The van der Waals surface area contributed by atoms with Crippen LogP contribution in [0, 0.1) is 0 Å². The van der Waals surface area contributed by atoms with Crippen LogP contribution in [0.4, 0.5) is 5.69 Å². The molecule has 152 valence electrons. The van der Waals surface area contributed by atoms with Crippen molar-refractivity contribution in [3.8, 4) is 0 Å². The quantitative estimate of drug-likeness (QED) is 0.442. The molecule has 1 saturated heterocycles. The van der Waals surface area contributed by atoms with Gasteiger partial charge in [-0.05, 0) is 41.4 Å². The highest BCUT2D eigenvalue weighted by Gasteiger charge is 2.38. The molecule has 1 aliphatic rings. The molecular formula is C28H24NOP. The Morgan fingerprint density at radius 3 is 1.35 bits per heavy atom. The van der Waals surface area contributed by atoms with Gasteiger partial charge < -0.3 is 4.90 Å². The van der Waals surface area contributed by atoms with Crippen molar-refractivity contribution in [1.29, 1.82) is 0 Å². The van der Waals surface area contributed by atoms with Crippen molar-refractivity contribution < 1.29 is 4.79 Å². The highest BCUT2D eigenvalue weighted by Crippen LogP contribution is 2.48. The van der Waals surface area contributed by atoms with Gasteiger partial charge in [0.1, 0.15) is 0 Å². The highest BCUT2D eigenvalue weighted by atomic mass is 31.2. The minimum Gasteiger partial charge on any atom is -0.308 e. The zero-order valence-corrected chi connectivity index (χ0v) is 18.2. The third kappa shape index (κ3) is 3.34. The maximum absolute atomic E-state index is 14.0. The topological polar surface area (TPSA) is 20.3 Å². The second-order valence-electron chi connectivity index (χ2n) is 7.67. The fourth-order valence-electron chi connectivity index (χ4n) is 4.62. The Morgan fingerprint density at radius 2 is 0.935 bits per heavy atom. The van der Waals surface area contributed by atoms with Crippen LogP contribution in [0.15, 0.2) is 121 Å². The number of hydrogen-bond acceptors (Lipinski definition) is 1. The van der Waals surface area contributed by atoms with Crippen LogP contribution >= 0.6 is 6.89 Å². The summed E-state index contributed by atoms with van der Waals surface area (Å²) in [6.07, 6.45) is 0.764. The molecule has 1 heterocycles. The molecule has 0 aromatic heterocycles. The van der Waals surface area contributed by atoms with Crippen molar-refractivity contribution in [1.82, 2.24) is 0 Å². The second-order valence-corrected chi connectivity index (χ2v) is 11.1. The van der Waals surface area contributed by atoms with Gasteiger partial charge >= 0.3 is 0 Å². The summed E-state index contributed by atoms with van der Waals surface area (Å²) >= 11 is 0. The van der Waals surface area contributed by atoms with E-state index >= 15 is 0 Å². The van der Waals surface area contributed by atoms with Gasteiger partial charge in [-0.1, -0.05) is 109 Å². The van der Waals surface area contributed by atoms with Gasteiger partial charge in [-0.15, -0.1) is 0 Å². The average molecular weight is 421 g/mol. The van der Waals surface area contributed by atoms with Crippen molar-refractivity contribution in [2.75, 3.05) is 11.4 Å². The summed E-state index contributed by atoms with van der Waals surface area (Å²) in [5, 5.41) is 4.71. The first-order valence-electron chi connectivity index (χ1n) is 10.6. The number of rotatable bonds is 4. The number of amides is 1. The maximum Gasteiger partial charge on any atom is 0.255 e. The van der Waals surface area contributed by atoms with E-state index < -0.39 is 6.89 Å². The predicted molar refractivity (Wildman–Crippen MR) is 134 cm³/mol. The molecule has 5 rings (SSSR count). The Bertz CT molecular complexity index is 1130. The van der Waals surface area contributed by atoms with Crippen LogP contribution in [-0.2, 0) is 4.79 Å². The van der Waals surface area contributed by atoms with Crippen LogP contribution in [0.5, 0.6) is 0 Å². The number of carbonyl (C=O) groups excluding carboxylic acids is 1. The summed E-state index contributed by atoms with van der Waals surface area (Å²) in [6.45, 7) is -1.57. The van der Waals surface area contributed by atoms with Crippen LogP contribution in [-0.4, -0.2) is 17.7 Å². The van der Waals surface area contributed by atoms with E-state index in [4.69, 9.17) is 0 Å². The Labute approximate surface area is 183 Å². The lowest BCUT2D eigenvalue weighted by Crippen LogP contribution is -2.35. The summed E-state index contributed by atoms with van der Waals surface area (Å²) in [5.41, 5.74) is 0.967. The molecule has 0 unspecified atom stereocenters. The molecule has 2 nitrogen and oxygen atoms in total. The summed E-state index contributed by atoms with van der Waals surface area (Å²) in [4.78, 5) is 15.9. The van der Waals surface area contributed by atoms with Crippen LogP contribution in [0.1, 0.15) is 6.42 Å². The number of hydrogen-bond donors (Lipinski definition) is 0.